The summed E-state index contributed by atoms with van der Waals surface area (Å²) in [6.45, 7) is 7.48. The van der Waals surface area contributed by atoms with Crippen molar-refractivity contribution in [2.24, 2.45) is 0 Å². The molecule has 0 aliphatic heterocycles. The number of urea groups is 1. The van der Waals surface area contributed by atoms with E-state index in [1.807, 2.05) is 0 Å². The molecule has 0 bridgehead atoms. The number of phenols is 1. The van der Waals surface area contributed by atoms with Gasteiger partial charge < -0.3 is 30.5 Å². The van der Waals surface area contributed by atoms with Gasteiger partial charge in [0.15, 0.2) is 6.23 Å². The molecule has 0 fully saturated rings. The van der Waals surface area contributed by atoms with E-state index in [2.05, 4.69) is 16.0 Å². The Morgan fingerprint density at radius 2 is 1.71 bits per heavy atom. The van der Waals surface area contributed by atoms with Crippen LogP contribution in [0.25, 0.3) is 0 Å². The lowest BCUT2D eigenvalue weighted by Gasteiger charge is -2.20. The summed E-state index contributed by atoms with van der Waals surface area (Å²) < 4.78 is 10.5. The van der Waals surface area contributed by atoms with Crippen LogP contribution in [0, 0.1) is 0 Å². The summed E-state index contributed by atoms with van der Waals surface area (Å²) in [7, 11) is 0. The fraction of sp³-hybridized carbons (Fsp3) is 0.500. The van der Waals surface area contributed by atoms with Crippen molar-refractivity contribution in [2.45, 2.75) is 39.5 Å². The maximum atomic E-state index is 11.7. The van der Waals surface area contributed by atoms with Crippen molar-refractivity contribution in [2.75, 3.05) is 13.1 Å². The van der Waals surface area contributed by atoms with Gasteiger partial charge in [0, 0.05) is 13.1 Å². The topological polar surface area (TPSA) is 109 Å². The largest absolute Gasteiger partial charge is 0.508 e. The van der Waals surface area contributed by atoms with E-state index in [1.54, 1.807) is 39.8 Å². The van der Waals surface area contributed by atoms with Crippen molar-refractivity contribution >= 4 is 12.1 Å². The normalized spacial score (nSPS) is 12.0. The Bertz CT molecular complexity index is 540. The number of nitrogens with one attached hydrogen (secondary N) is 3. The number of alkyl carbamates (subject to hydrolysis) is 1. The molecular weight excluding hydrogens is 314 g/mol. The van der Waals surface area contributed by atoms with Crippen LogP contribution in [0.1, 0.15) is 27.7 Å². The quantitative estimate of drug-likeness (QED) is 0.468. The average molecular weight is 339 g/mol. The second kappa shape index (κ2) is 8.85. The number of carbonyl (C=O) groups excluding carboxylic acids is 2. The maximum absolute atomic E-state index is 11.7. The van der Waals surface area contributed by atoms with Gasteiger partial charge in [-0.3, -0.25) is 0 Å². The number of rotatable bonds is 6. The molecule has 0 saturated carbocycles. The Labute approximate surface area is 141 Å². The number of hydrogen-bond donors (Lipinski definition) is 4. The van der Waals surface area contributed by atoms with Gasteiger partial charge in [-0.1, -0.05) is 0 Å². The number of phenolic OH excluding ortho intramolecular Hbond substituents is 1. The van der Waals surface area contributed by atoms with E-state index >= 15 is 0 Å². The van der Waals surface area contributed by atoms with E-state index in [0.29, 0.717) is 5.75 Å². The predicted molar refractivity (Wildman–Crippen MR) is 89.0 cm³/mol. The van der Waals surface area contributed by atoms with Crippen LogP contribution in [0.15, 0.2) is 24.3 Å². The molecule has 0 radical (unpaired) electrons. The van der Waals surface area contributed by atoms with Crippen LogP contribution in [0.2, 0.25) is 0 Å². The Hall–Kier alpha value is -2.64. The monoisotopic (exact) mass is 339 g/mol. The van der Waals surface area contributed by atoms with Gasteiger partial charge in [-0.2, -0.15) is 0 Å². The second-order valence-corrected chi connectivity index (χ2v) is 6.08. The van der Waals surface area contributed by atoms with Gasteiger partial charge in [-0.05, 0) is 52.0 Å². The zero-order chi connectivity index (χ0) is 18.2. The molecule has 134 valence electrons. The SMILES string of the molecule is CC(NC(=O)NCCNC(=O)OC(C)(C)C)Oc1ccc(O)cc1. The van der Waals surface area contributed by atoms with Crippen molar-refractivity contribution in [1.29, 1.82) is 0 Å². The molecule has 1 atom stereocenters. The Morgan fingerprint density at radius 3 is 2.29 bits per heavy atom. The number of ether oxygens (including phenoxy) is 2. The molecule has 8 nitrogen and oxygen atoms in total. The molecule has 4 N–H and O–H groups in total. The lowest BCUT2D eigenvalue weighted by atomic mass is 10.2. The Balaban J connectivity index is 2.19. The fourth-order valence-corrected chi connectivity index (χ4v) is 1.65. The van der Waals surface area contributed by atoms with Crippen LogP contribution < -0.4 is 20.7 Å². The van der Waals surface area contributed by atoms with Crippen LogP contribution in [0.3, 0.4) is 0 Å². The highest BCUT2D eigenvalue weighted by molar-refractivity contribution is 5.74. The summed E-state index contributed by atoms with van der Waals surface area (Å²) in [5.74, 6) is 0.658. The molecule has 8 heteroatoms. The van der Waals surface area contributed by atoms with Crippen molar-refractivity contribution in [1.82, 2.24) is 16.0 Å². The third kappa shape index (κ3) is 8.72. The van der Waals surface area contributed by atoms with E-state index in [4.69, 9.17) is 9.47 Å². The summed E-state index contributed by atoms with van der Waals surface area (Å²) in [6, 6.07) is 5.74. The molecule has 0 aromatic heterocycles. The third-order valence-corrected chi connectivity index (χ3v) is 2.56. The first-order chi connectivity index (χ1) is 11.2. The standard InChI is InChI=1S/C16H25N3O5/c1-11(23-13-7-5-12(20)6-8-13)19-14(21)17-9-10-18-15(22)24-16(2,3)4/h5-8,11,20H,9-10H2,1-4H3,(H,18,22)(H2,17,19,21). The second-order valence-electron chi connectivity index (χ2n) is 6.08. The van der Waals surface area contributed by atoms with Crippen LogP contribution in [0.5, 0.6) is 11.5 Å². The molecule has 0 heterocycles. The predicted octanol–water partition coefficient (Wildman–Crippen LogP) is 1.94. The summed E-state index contributed by atoms with van der Waals surface area (Å²) in [5.41, 5.74) is -0.560. The number of hydrogen-bond acceptors (Lipinski definition) is 5. The first kappa shape index (κ1) is 19.4. The lowest BCUT2D eigenvalue weighted by molar-refractivity contribution is 0.0528. The molecule has 0 spiro atoms. The molecule has 24 heavy (non-hydrogen) atoms. The van der Waals surface area contributed by atoms with Gasteiger partial charge in [-0.15, -0.1) is 0 Å². The minimum Gasteiger partial charge on any atom is -0.508 e. The molecule has 1 unspecified atom stereocenters. The van der Waals surface area contributed by atoms with Crippen LogP contribution in [0.4, 0.5) is 9.59 Å². The van der Waals surface area contributed by atoms with E-state index in [-0.39, 0.29) is 18.8 Å². The van der Waals surface area contributed by atoms with Crippen LogP contribution in [-0.2, 0) is 4.74 Å². The van der Waals surface area contributed by atoms with E-state index in [1.165, 1.54) is 12.1 Å². The smallest absolute Gasteiger partial charge is 0.407 e. The first-order valence-electron chi connectivity index (χ1n) is 7.62. The molecule has 1 aromatic rings. The highest BCUT2D eigenvalue weighted by Crippen LogP contribution is 2.16. The van der Waals surface area contributed by atoms with Crippen molar-refractivity contribution < 1.29 is 24.2 Å². The lowest BCUT2D eigenvalue weighted by Crippen LogP contribution is -2.45. The van der Waals surface area contributed by atoms with Crippen molar-refractivity contribution in [3.05, 3.63) is 24.3 Å². The average Bonchev–Trinajstić information content (AvgIpc) is 2.44. The summed E-state index contributed by atoms with van der Waals surface area (Å²) in [4.78, 5) is 23.1. The van der Waals surface area contributed by atoms with E-state index in [0.717, 1.165) is 0 Å². The van der Waals surface area contributed by atoms with Gasteiger partial charge in [-0.25, -0.2) is 9.59 Å². The molecular formula is C16H25N3O5. The molecule has 1 aromatic carbocycles. The molecule has 0 aliphatic carbocycles. The fourth-order valence-electron chi connectivity index (χ4n) is 1.65. The number of benzene rings is 1. The summed E-state index contributed by atoms with van der Waals surface area (Å²) >= 11 is 0. The molecule has 1 rings (SSSR count). The van der Waals surface area contributed by atoms with Gasteiger partial charge in [0.05, 0.1) is 0 Å². The van der Waals surface area contributed by atoms with Gasteiger partial charge >= 0.3 is 12.1 Å². The van der Waals surface area contributed by atoms with E-state index < -0.39 is 24.0 Å². The minimum absolute atomic E-state index is 0.137. The number of carbonyl (C=O) groups is 2. The van der Waals surface area contributed by atoms with Crippen LogP contribution in [-0.4, -0.2) is 42.1 Å². The third-order valence-electron chi connectivity index (χ3n) is 2.56. The molecule has 0 aliphatic rings. The van der Waals surface area contributed by atoms with Crippen molar-refractivity contribution in [3.8, 4) is 11.5 Å². The van der Waals surface area contributed by atoms with Gasteiger partial charge in [0.1, 0.15) is 17.1 Å². The highest BCUT2D eigenvalue weighted by Gasteiger charge is 2.15. The first-order valence-corrected chi connectivity index (χ1v) is 7.62. The van der Waals surface area contributed by atoms with Gasteiger partial charge in [0.25, 0.3) is 0 Å². The van der Waals surface area contributed by atoms with Crippen molar-refractivity contribution in [3.63, 3.8) is 0 Å². The minimum atomic E-state index is -0.562. The Kier molecular flexibility index (Phi) is 7.16. The highest BCUT2D eigenvalue weighted by atomic mass is 16.6. The Morgan fingerprint density at radius 1 is 1.12 bits per heavy atom. The summed E-state index contributed by atoms with van der Waals surface area (Å²) in [6.07, 6.45) is -1.10. The van der Waals surface area contributed by atoms with E-state index in [9.17, 15) is 14.7 Å². The molecule has 0 saturated heterocycles. The zero-order valence-electron chi connectivity index (χ0n) is 14.4. The number of amides is 3. The number of aromatic hydroxyl groups is 1. The summed E-state index contributed by atoms with van der Waals surface area (Å²) in [5, 5.41) is 16.9. The zero-order valence-corrected chi connectivity index (χ0v) is 14.4. The maximum Gasteiger partial charge on any atom is 0.407 e. The van der Waals surface area contributed by atoms with Crippen LogP contribution >= 0.6 is 0 Å². The van der Waals surface area contributed by atoms with Gasteiger partial charge in [0.2, 0.25) is 0 Å². The molecule has 3 amide bonds.